The highest BCUT2D eigenvalue weighted by molar-refractivity contribution is 5.75. The predicted molar refractivity (Wildman–Crippen MR) is 81.8 cm³/mol. The SMILES string of the molecule is CCCC1(C(=O)O)CCCN(C2CCC(C)C(C)C2)C1. The van der Waals surface area contributed by atoms with Crippen LogP contribution < -0.4 is 0 Å². The van der Waals surface area contributed by atoms with Crippen molar-refractivity contribution in [1.82, 2.24) is 4.90 Å². The molecule has 0 aromatic carbocycles. The zero-order valence-corrected chi connectivity index (χ0v) is 13.4. The first-order valence-corrected chi connectivity index (χ1v) is 8.46. The fourth-order valence-corrected chi connectivity index (χ4v) is 4.29. The first-order valence-electron chi connectivity index (χ1n) is 8.46. The van der Waals surface area contributed by atoms with Gasteiger partial charge in [-0.05, 0) is 56.9 Å². The topological polar surface area (TPSA) is 40.5 Å². The lowest BCUT2D eigenvalue weighted by atomic mass is 9.73. The minimum Gasteiger partial charge on any atom is -0.481 e. The van der Waals surface area contributed by atoms with Crippen molar-refractivity contribution in [2.24, 2.45) is 17.3 Å². The highest BCUT2D eigenvalue weighted by Gasteiger charge is 2.43. The standard InChI is InChI=1S/C17H31NO2/c1-4-8-17(16(19)20)9-5-10-18(12-17)15-7-6-13(2)14(3)11-15/h13-15H,4-12H2,1-3H3,(H,19,20). The fraction of sp³-hybridized carbons (Fsp3) is 0.941. The zero-order valence-electron chi connectivity index (χ0n) is 13.4. The maximum Gasteiger partial charge on any atom is 0.310 e. The summed E-state index contributed by atoms with van der Waals surface area (Å²) in [4.78, 5) is 14.3. The Labute approximate surface area is 123 Å². The largest absolute Gasteiger partial charge is 0.481 e. The van der Waals surface area contributed by atoms with Gasteiger partial charge >= 0.3 is 5.97 Å². The quantitative estimate of drug-likeness (QED) is 0.852. The van der Waals surface area contributed by atoms with Gasteiger partial charge in [0.1, 0.15) is 0 Å². The Morgan fingerprint density at radius 3 is 2.65 bits per heavy atom. The molecular formula is C17H31NO2. The van der Waals surface area contributed by atoms with E-state index >= 15 is 0 Å². The first kappa shape index (κ1) is 15.8. The van der Waals surface area contributed by atoms with Gasteiger partial charge in [-0.2, -0.15) is 0 Å². The van der Waals surface area contributed by atoms with Crippen LogP contribution in [0.15, 0.2) is 0 Å². The number of carbonyl (C=O) groups is 1. The lowest BCUT2D eigenvalue weighted by Crippen LogP contribution is -2.52. The van der Waals surface area contributed by atoms with Gasteiger partial charge in [0.25, 0.3) is 0 Å². The summed E-state index contributed by atoms with van der Waals surface area (Å²) in [7, 11) is 0. The molecule has 20 heavy (non-hydrogen) atoms. The third-order valence-electron chi connectivity index (χ3n) is 5.88. The summed E-state index contributed by atoms with van der Waals surface area (Å²) in [6.07, 6.45) is 7.53. The molecular weight excluding hydrogens is 250 g/mol. The van der Waals surface area contributed by atoms with Crippen LogP contribution in [0.25, 0.3) is 0 Å². The molecule has 3 nitrogen and oxygen atoms in total. The number of piperidine rings is 1. The Morgan fingerprint density at radius 1 is 1.30 bits per heavy atom. The van der Waals surface area contributed by atoms with E-state index in [-0.39, 0.29) is 0 Å². The van der Waals surface area contributed by atoms with E-state index in [4.69, 9.17) is 0 Å². The molecule has 3 heteroatoms. The number of aliphatic carboxylic acids is 1. The van der Waals surface area contributed by atoms with E-state index < -0.39 is 11.4 Å². The van der Waals surface area contributed by atoms with Crippen molar-refractivity contribution >= 4 is 5.97 Å². The van der Waals surface area contributed by atoms with Crippen LogP contribution in [0.1, 0.15) is 65.7 Å². The van der Waals surface area contributed by atoms with E-state index in [0.29, 0.717) is 6.04 Å². The zero-order chi connectivity index (χ0) is 14.8. The van der Waals surface area contributed by atoms with Gasteiger partial charge in [0, 0.05) is 12.6 Å². The van der Waals surface area contributed by atoms with Crippen LogP contribution in [0.3, 0.4) is 0 Å². The number of rotatable bonds is 4. The highest BCUT2D eigenvalue weighted by Crippen LogP contribution is 2.39. The monoisotopic (exact) mass is 281 g/mol. The first-order chi connectivity index (χ1) is 9.48. The molecule has 1 N–H and O–H groups in total. The second-order valence-electron chi connectivity index (χ2n) is 7.33. The van der Waals surface area contributed by atoms with Gasteiger partial charge in [-0.1, -0.05) is 27.2 Å². The molecule has 2 fully saturated rings. The molecule has 1 aliphatic heterocycles. The van der Waals surface area contributed by atoms with E-state index in [1.807, 2.05) is 0 Å². The van der Waals surface area contributed by atoms with Crippen molar-refractivity contribution in [3.63, 3.8) is 0 Å². The van der Waals surface area contributed by atoms with Gasteiger partial charge in [0.2, 0.25) is 0 Å². The number of nitrogens with zero attached hydrogens (tertiary/aromatic N) is 1. The molecule has 116 valence electrons. The summed E-state index contributed by atoms with van der Waals surface area (Å²) in [6.45, 7) is 8.70. The summed E-state index contributed by atoms with van der Waals surface area (Å²) in [5.41, 5.74) is -0.473. The average molecular weight is 281 g/mol. The molecule has 0 aromatic heterocycles. The van der Waals surface area contributed by atoms with Crippen molar-refractivity contribution in [3.05, 3.63) is 0 Å². The maximum atomic E-state index is 11.8. The van der Waals surface area contributed by atoms with Crippen molar-refractivity contribution < 1.29 is 9.90 Å². The third-order valence-corrected chi connectivity index (χ3v) is 5.88. The van der Waals surface area contributed by atoms with Gasteiger partial charge in [-0.25, -0.2) is 0 Å². The van der Waals surface area contributed by atoms with Crippen molar-refractivity contribution in [2.75, 3.05) is 13.1 Å². The molecule has 4 unspecified atom stereocenters. The van der Waals surface area contributed by atoms with Crippen LogP contribution in [0.4, 0.5) is 0 Å². The van der Waals surface area contributed by atoms with Gasteiger partial charge < -0.3 is 5.11 Å². The van der Waals surface area contributed by atoms with E-state index in [1.165, 1.54) is 19.3 Å². The van der Waals surface area contributed by atoms with Crippen LogP contribution in [0.2, 0.25) is 0 Å². The Balaban J connectivity index is 2.04. The molecule has 0 spiro atoms. The number of hydrogen-bond acceptors (Lipinski definition) is 2. The maximum absolute atomic E-state index is 11.8. The number of carboxylic acids is 1. The summed E-state index contributed by atoms with van der Waals surface area (Å²) < 4.78 is 0. The normalized spacial score (nSPS) is 39.6. The molecule has 1 heterocycles. The second-order valence-corrected chi connectivity index (χ2v) is 7.33. The van der Waals surface area contributed by atoms with Crippen LogP contribution in [-0.2, 0) is 4.79 Å². The van der Waals surface area contributed by atoms with Gasteiger partial charge in [0.05, 0.1) is 5.41 Å². The minimum absolute atomic E-state index is 0.473. The summed E-state index contributed by atoms with van der Waals surface area (Å²) in [5.74, 6) is 1.04. The average Bonchev–Trinajstić information content (AvgIpc) is 2.42. The minimum atomic E-state index is -0.568. The lowest BCUT2D eigenvalue weighted by Gasteiger charge is -2.46. The smallest absolute Gasteiger partial charge is 0.310 e. The van der Waals surface area contributed by atoms with E-state index in [2.05, 4.69) is 25.7 Å². The molecule has 0 aromatic rings. The third kappa shape index (κ3) is 3.19. The lowest BCUT2D eigenvalue weighted by molar-refractivity contribution is -0.154. The van der Waals surface area contributed by atoms with E-state index in [9.17, 15) is 9.90 Å². The molecule has 0 amide bonds. The molecule has 0 radical (unpaired) electrons. The van der Waals surface area contributed by atoms with E-state index in [1.54, 1.807) is 0 Å². The molecule has 2 rings (SSSR count). The number of hydrogen-bond donors (Lipinski definition) is 1. The summed E-state index contributed by atoms with van der Waals surface area (Å²) >= 11 is 0. The second kappa shape index (κ2) is 6.46. The molecule has 1 saturated heterocycles. The van der Waals surface area contributed by atoms with Crippen molar-refractivity contribution in [1.29, 1.82) is 0 Å². The number of likely N-dealkylation sites (tertiary alicyclic amines) is 1. The summed E-state index contributed by atoms with van der Waals surface area (Å²) in [5, 5.41) is 9.70. The fourth-order valence-electron chi connectivity index (χ4n) is 4.29. The molecule has 2 aliphatic rings. The van der Waals surface area contributed by atoms with Crippen LogP contribution in [0, 0.1) is 17.3 Å². The Bertz CT molecular complexity index is 340. The molecule has 1 aliphatic carbocycles. The van der Waals surface area contributed by atoms with Crippen LogP contribution >= 0.6 is 0 Å². The van der Waals surface area contributed by atoms with Crippen molar-refractivity contribution in [3.8, 4) is 0 Å². The van der Waals surface area contributed by atoms with Crippen molar-refractivity contribution in [2.45, 2.75) is 71.8 Å². The van der Waals surface area contributed by atoms with Gasteiger partial charge in [-0.15, -0.1) is 0 Å². The van der Waals surface area contributed by atoms with Crippen LogP contribution in [0.5, 0.6) is 0 Å². The molecule has 0 bridgehead atoms. The van der Waals surface area contributed by atoms with Gasteiger partial charge in [-0.3, -0.25) is 9.69 Å². The molecule has 4 atom stereocenters. The van der Waals surface area contributed by atoms with Gasteiger partial charge in [0.15, 0.2) is 0 Å². The Kier molecular flexibility index (Phi) is 5.11. The number of carboxylic acid groups (broad SMARTS) is 1. The summed E-state index contributed by atoms with van der Waals surface area (Å²) in [6, 6.07) is 0.622. The highest BCUT2D eigenvalue weighted by atomic mass is 16.4. The van der Waals surface area contributed by atoms with Crippen LogP contribution in [-0.4, -0.2) is 35.1 Å². The Morgan fingerprint density at radius 2 is 2.05 bits per heavy atom. The Hall–Kier alpha value is -0.570. The molecule has 1 saturated carbocycles. The predicted octanol–water partition coefficient (Wildman–Crippen LogP) is 3.78. The van der Waals surface area contributed by atoms with E-state index in [0.717, 1.165) is 50.6 Å².